The molecule has 2 heteroatoms. The zero-order chi connectivity index (χ0) is 5.70. The molecule has 2 nitrogen and oxygen atoms in total. The van der Waals surface area contributed by atoms with Crippen molar-refractivity contribution in [2.75, 3.05) is 0 Å². The Bertz CT molecular complexity index is 76.1. The molecule has 7 heavy (non-hydrogen) atoms. The van der Waals surface area contributed by atoms with E-state index in [0.717, 1.165) is 5.70 Å². The normalized spacial score (nSPS) is 7.00. The van der Waals surface area contributed by atoms with E-state index in [1.165, 1.54) is 0 Å². The highest BCUT2D eigenvalue weighted by Gasteiger charge is 1.70. The fourth-order valence-electron chi connectivity index (χ4n) is 0.174. The van der Waals surface area contributed by atoms with E-state index in [2.05, 4.69) is 24.0 Å². The van der Waals surface area contributed by atoms with Crippen LogP contribution in [0.4, 0.5) is 0 Å². The Kier molecular flexibility index (Phi) is 2.85. The fourth-order valence-corrected chi connectivity index (χ4v) is 0.174. The van der Waals surface area contributed by atoms with Gasteiger partial charge in [-0.25, -0.2) is 0 Å². The molecule has 0 atom stereocenters. The SMILES string of the molecule is C=CNNC(=C)C. The van der Waals surface area contributed by atoms with Crippen molar-refractivity contribution in [2.45, 2.75) is 6.92 Å². The zero-order valence-electron chi connectivity index (χ0n) is 4.49. The number of nitrogens with one attached hydrogen (secondary N) is 2. The van der Waals surface area contributed by atoms with Crippen molar-refractivity contribution in [3.63, 3.8) is 0 Å². The quantitative estimate of drug-likeness (QED) is 0.509. The fraction of sp³-hybridized carbons (Fsp3) is 0.200. The Hall–Kier alpha value is -0.920. The van der Waals surface area contributed by atoms with E-state index in [1.807, 2.05) is 6.92 Å². The summed E-state index contributed by atoms with van der Waals surface area (Å²) in [5.74, 6) is 0. The van der Waals surface area contributed by atoms with Gasteiger partial charge in [0.2, 0.25) is 0 Å². The van der Waals surface area contributed by atoms with Gasteiger partial charge in [-0.1, -0.05) is 13.2 Å². The molecule has 0 radical (unpaired) electrons. The van der Waals surface area contributed by atoms with Crippen molar-refractivity contribution in [3.05, 3.63) is 25.1 Å². The van der Waals surface area contributed by atoms with Gasteiger partial charge in [0.1, 0.15) is 0 Å². The summed E-state index contributed by atoms with van der Waals surface area (Å²) in [7, 11) is 0. The molecule has 0 saturated heterocycles. The molecule has 0 aliphatic carbocycles. The minimum Gasteiger partial charge on any atom is -0.309 e. The lowest BCUT2D eigenvalue weighted by Crippen LogP contribution is -2.23. The van der Waals surface area contributed by atoms with Crippen LogP contribution >= 0.6 is 0 Å². The van der Waals surface area contributed by atoms with E-state index in [1.54, 1.807) is 6.20 Å². The van der Waals surface area contributed by atoms with Crippen molar-refractivity contribution in [1.29, 1.82) is 0 Å². The van der Waals surface area contributed by atoms with Crippen molar-refractivity contribution in [1.82, 2.24) is 10.9 Å². The van der Waals surface area contributed by atoms with Crippen molar-refractivity contribution >= 4 is 0 Å². The van der Waals surface area contributed by atoms with Gasteiger partial charge in [0, 0.05) is 11.9 Å². The third-order valence-corrected chi connectivity index (χ3v) is 0.388. The molecule has 0 rings (SSSR count). The molecule has 0 aromatic carbocycles. The number of hydrogen-bond donors (Lipinski definition) is 2. The van der Waals surface area contributed by atoms with E-state index in [0.29, 0.717) is 0 Å². The van der Waals surface area contributed by atoms with Gasteiger partial charge in [0.15, 0.2) is 0 Å². The molecule has 0 saturated carbocycles. The van der Waals surface area contributed by atoms with E-state index >= 15 is 0 Å². The maximum atomic E-state index is 3.57. The van der Waals surface area contributed by atoms with Gasteiger partial charge >= 0.3 is 0 Å². The Morgan fingerprint density at radius 1 is 1.71 bits per heavy atom. The second-order valence-corrected chi connectivity index (χ2v) is 1.25. The van der Waals surface area contributed by atoms with Gasteiger partial charge in [-0.3, -0.25) is 0 Å². The topological polar surface area (TPSA) is 24.1 Å². The van der Waals surface area contributed by atoms with Gasteiger partial charge in [-0.05, 0) is 6.92 Å². The first-order valence-electron chi connectivity index (χ1n) is 2.05. The van der Waals surface area contributed by atoms with Crippen LogP contribution in [0.25, 0.3) is 0 Å². The van der Waals surface area contributed by atoms with Gasteiger partial charge < -0.3 is 10.9 Å². The van der Waals surface area contributed by atoms with Gasteiger partial charge in [0.25, 0.3) is 0 Å². The average Bonchev–Trinajstić information content (AvgIpc) is 1.61. The predicted molar refractivity (Wildman–Crippen MR) is 31.3 cm³/mol. The summed E-state index contributed by atoms with van der Waals surface area (Å²) in [6.07, 6.45) is 1.55. The van der Waals surface area contributed by atoms with Gasteiger partial charge in [-0.15, -0.1) is 0 Å². The summed E-state index contributed by atoms with van der Waals surface area (Å²) in [5.41, 5.74) is 6.27. The third-order valence-electron chi connectivity index (χ3n) is 0.388. The molecule has 0 aliphatic rings. The van der Waals surface area contributed by atoms with E-state index in [4.69, 9.17) is 0 Å². The molecule has 0 aromatic rings. The van der Waals surface area contributed by atoms with Crippen LogP contribution < -0.4 is 10.9 Å². The van der Waals surface area contributed by atoms with Gasteiger partial charge in [0.05, 0.1) is 0 Å². The summed E-state index contributed by atoms with van der Waals surface area (Å²) >= 11 is 0. The number of rotatable bonds is 3. The molecule has 0 unspecified atom stereocenters. The largest absolute Gasteiger partial charge is 0.309 e. The van der Waals surface area contributed by atoms with Crippen LogP contribution in [0.3, 0.4) is 0 Å². The van der Waals surface area contributed by atoms with Crippen molar-refractivity contribution < 1.29 is 0 Å². The lowest BCUT2D eigenvalue weighted by Gasteiger charge is -2.00. The Balaban J connectivity index is 2.97. The van der Waals surface area contributed by atoms with Crippen LogP contribution in [0.1, 0.15) is 6.92 Å². The second-order valence-electron chi connectivity index (χ2n) is 1.25. The predicted octanol–water partition coefficient (Wildman–Crippen LogP) is 0.758. The second kappa shape index (κ2) is 3.28. The molecule has 0 amide bonds. The van der Waals surface area contributed by atoms with Crippen molar-refractivity contribution in [3.8, 4) is 0 Å². The van der Waals surface area contributed by atoms with E-state index in [9.17, 15) is 0 Å². The first kappa shape index (κ1) is 6.08. The first-order chi connectivity index (χ1) is 3.27. The molecule has 0 spiro atoms. The van der Waals surface area contributed by atoms with Crippen LogP contribution in [0.2, 0.25) is 0 Å². The Labute approximate surface area is 43.9 Å². The van der Waals surface area contributed by atoms with E-state index < -0.39 is 0 Å². The summed E-state index contributed by atoms with van der Waals surface area (Å²) in [5, 5.41) is 0. The molecule has 0 aromatic heterocycles. The number of hydrogen-bond acceptors (Lipinski definition) is 2. The molecule has 40 valence electrons. The lowest BCUT2D eigenvalue weighted by molar-refractivity contribution is 0.734. The van der Waals surface area contributed by atoms with Crippen LogP contribution in [0.15, 0.2) is 25.1 Å². The molecular formula is C5H10N2. The molecule has 2 N–H and O–H groups in total. The van der Waals surface area contributed by atoms with Crippen LogP contribution in [0, 0.1) is 0 Å². The maximum absolute atomic E-state index is 3.57. The van der Waals surface area contributed by atoms with Crippen LogP contribution in [-0.2, 0) is 0 Å². The van der Waals surface area contributed by atoms with E-state index in [-0.39, 0.29) is 0 Å². The van der Waals surface area contributed by atoms with Crippen LogP contribution in [-0.4, -0.2) is 0 Å². The highest BCUT2D eigenvalue weighted by molar-refractivity contribution is 4.83. The summed E-state index contributed by atoms with van der Waals surface area (Å²) in [6, 6.07) is 0. The molecule has 0 aliphatic heterocycles. The number of hydrazine groups is 1. The standard InChI is InChI=1S/C5H10N2/c1-4-6-7-5(2)3/h4,6-7H,1-2H2,3H3. The lowest BCUT2D eigenvalue weighted by atomic mass is 10.6. The first-order valence-corrected chi connectivity index (χ1v) is 2.05. The van der Waals surface area contributed by atoms with Gasteiger partial charge in [-0.2, -0.15) is 0 Å². The summed E-state index contributed by atoms with van der Waals surface area (Å²) in [6.45, 7) is 8.85. The minimum atomic E-state index is 0.875. The average molecular weight is 98.1 g/mol. The minimum absolute atomic E-state index is 0.875. The monoisotopic (exact) mass is 98.1 g/mol. The molecule has 0 fully saturated rings. The highest BCUT2D eigenvalue weighted by atomic mass is 15.3. The molecule has 0 bridgehead atoms. The third kappa shape index (κ3) is 5.08. The van der Waals surface area contributed by atoms with Crippen molar-refractivity contribution in [2.24, 2.45) is 0 Å². The number of allylic oxidation sites excluding steroid dienone is 1. The Morgan fingerprint density at radius 3 is 2.43 bits per heavy atom. The summed E-state index contributed by atoms with van der Waals surface area (Å²) < 4.78 is 0. The Morgan fingerprint density at radius 2 is 2.29 bits per heavy atom. The highest BCUT2D eigenvalue weighted by Crippen LogP contribution is 1.69. The summed E-state index contributed by atoms with van der Waals surface area (Å²) in [4.78, 5) is 0. The van der Waals surface area contributed by atoms with Crippen LogP contribution in [0.5, 0.6) is 0 Å². The maximum Gasteiger partial charge on any atom is 0.0211 e. The zero-order valence-corrected chi connectivity index (χ0v) is 4.49. The molecular weight excluding hydrogens is 88.1 g/mol. The smallest absolute Gasteiger partial charge is 0.0211 e. The molecule has 0 heterocycles.